The van der Waals surface area contributed by atoms with E-state index in [1.54, 1.807) is 16.9 Å². The molecule has 24 heavy (non-hydrogen) atoms. The lowest BCUT2D eigenvalue weighted by molar-refractivity contribution is 0.103. The zero-order valence-corrected chi connectivity index (χ0v) is 13.0. The molecule has 0 spiro atoms. The van der Waals surface area contributed by atoms with Crippen LogP contribution in [0.2, 0.25) is 0 Å². The number of hydrogen-bond donors (Lipinski definition) is 2. The Labute approximate surface area is 134 Å². The second-order valence-corrected chi connectivity index (χ2v) is 6.71. The first kappa shape index (κ1) is 16.0. The molecule has 7 nitrogen and oxygen atoms in total. The van der Waals surface area contributed by atoms with Gasteiger partial charge in [0.25, 0.3) is 0 Å². The van der Waals surface area contributed by atoms with Crippen molar-refractivity contribution in [3.05, 3.63) is 53.4 Å². The summed E-state index contributed by atoms with van der Waals surface area (Å²) >= 11 is 0. The summed E-state index contributed by atoms with van der Waals surface area (Å²) in [6.07, 6.45) is 2.22. The molecule has 10 heteroatoms. The van der Waals surface area contributed by atoms with Crippen molar-refractivity contribution >= 4 is 32.5 Å². The fourth-order valence-corrected chi connectivity index (χ4v) is 2.72. The predicted molar refractivity (Wildman–Crippen MR) is 82.1 cm³/mol. The Morgan fingerprint density at radius 1 is 1.25 bits per heavy atom. The van der Waals surface area contributed by atoms with E-state index in [-0.39, 0.29) is 11.3 Å². The number of H-pyrrole nitrogens is 1. The number of aromatic amines is 1. The van der Waals surface area contributed by atoms with Gasteiger partial charge in [0.2, 0.25) is 15.8 Å². The average Bonchev–Trinajstić information content (AvgIpc) is 2.94. The molecule has 0 atom stereocenters. The first-order valence-electron chi connectivity index (χ1n) is 6.57. The van der Waals surface area contributed by atoms with E-state index in [2.05, 4.69) is 15.2 Å². The first-order valence-corrected chi connectivity index (χ1v) is 8.46. The van der Waals surface area contributed by atoms with Gasteiger partial charge < -0.3 is 0 Å². The third kappa shape index (κ3) is 2.83. The lowest BCUT2D eigenvalue weighted by atomic mass is 10.0. The Bertz CT molecular complexity index is 1060. The van der Waals surface area contributed by atoms with E-state index in [1.807, 2.05) is 0 Å². The van der Waals surface area contributed by atoms with E-state index in [1.165, 1.54) is 6.20 Å². The van der Waals surface area contributed by atoms with Crippen LogP contribution in [-0.2, 0) is 10.0 Å². The van der Waals surface area contributed by atoms with Crippen molar-refractivity contribution in [3.8, 4) is 0 Å². The Balaban J connectivity index is 2.13. The topological polar surface area (TPSA) is 105 Å². The minimum Gasteiger partial charge on any atom is -0.287 e. The highest BCUT2D eigenvalue weighted by Crippen LogP contribution is 2.26. The van der Waals surface area contributed by atoms with E-state index in [4.69, 9.17) is 0 Å². The number of aromatic nitrogens is 3. The van der Waals surface area contributed by atoms with E-state index in [0.717, 1.165) is 18.4 Å². The molecular weight excluding hydrogens is 342 g/mol. The van der Waals surface area contributed by atoms with Gasteiger partial charge in [0.1, 0.15) is 17.2 Å². The highest BCUT2D eigenvalue weighted by Gasteiger charge is 2.24. The fraction of sp³-hybridized carbons (Fsp3) is 0.0714. The maximum atomic E-state index is 14.5. The number of anilines is 1. The maximum Gasteiger partial charge on any atom is 0.230 e. The number of nitrogens with zero attached hydrogens (tertiary/aromatic N) is 2. The number of fused-ring (bicyclic) bond motifs is 1. The number of rotatable bonds is 4. The van der Waals surface area contributed by atoms with Crippen molar-refractivity contribution in [2.75, 3.05) is 11.0 Å². The molecule has 124 valence electrons. The third-order valence-corrected chi connectivity index (χ3v) is 3.75. The molecule has 3 rings (SSSR count). The second-order valence-electron chi connectivity index (χ2n) is 4.96. The third-order valence-electron chi connectivity index (χ3n) is 3.18. The molecule has 0 aliphatic carbocycles. The standard InChI is InChI=1S/C14H10F2N4O3S/c1-24(22,23)20-12-9(15)5-4-7(10(12)16)13(21)11-8-3-2-6-17-14(8)19-18-11/h2-6,20H,1H3,(H,17,18,19). The predicted octanol–water partition coefficient (Wildman–Crippen LogP) is 1.84. The SMILES string of the molecule is CS(=O)(=O)Nc1c(F)ccc(C(=O)c2[nH]nc3ncccc23)c1F. The number of hydrogen-bond acceptors (Lipinski definition) is 5. The van der Waals surface area contributed by atoms with Crippen LogP contribution in [0.4, 0.5) is 14.5 Å². The molecule has 2 N–H and O–H groups in total. The molecule has 0 unspecified atom stereocenters. The van der Waals surface area contributed by atoms with Gasteiger partial charge in [-0.05, 0) is 24.3 Å². The van der Waals surface area contributed by atoms with Gasteiger partial charge in [-0.25, -0.2) is 22.2 Å². The summed E-state index contributed by atoms with van der Waals surface area (Å²) in [5, 5.41) is 6.65. The van der Waals surface area contributed by atoms with Crippen LogP contribution in [0.5, 0.6) is 0 Å². The molecule has 1 aromatic carbocycles. The van der Waals surface area contributed by atoms with Crippen LogP contribution in [0.3, 0.4) is 0 Å². The molecule has 0 aliphatic heterocycles. The maximum absolute atomic E-state index is 14.5. The number of carbonyl (C=O) groups excluding carboxylic acids is 1. The number of benzene rings is 1. The zero-order chi connectivity index (χ0) is 17.5. The van der Waals surface area contributed by atoms with Crippen molar-refractivity contribution in [2.24, 2.45) is 0 Å². The van der Waals surface area contributed by atoms with Gasteiger partial charge >= 0.3 is 0 Å². The molecule has 3 aromatic rings. The van der Waals surface area contributed by atoms with Gasteiger partial charge in [-0.1, -0.05) is 0 Å². The number of nitrogens with one attached hydrogen (secondary N) is 2. The smallest absolute Gasteiger partial charge is 0.230 e. The Kier molecular flexibility index (Phi) is 3.76. The largest absolute Gasteiger partial charge is 0.287 e. The summed E-state index contributed by atoms with van der Waals surface area (Å²) in [4.78, 5) is 16.5. The van der Waals surface area contributed by atoms with Crippen LogP contribution in [0.15, 0.2) is 30.5 Å². The van der Waals surface area contributed by atoms with Gasteiger partial charge in [-0.3, -0.25) is 14.6 Å². The number of carbonyl (C=O) groups is 1. The summed E-state index contributed by atoms with van der Waals surface area (Å²) in [5.41, 5.74) is -1.19. The summed E-state index contributed by atoms with van der Waals surface area (Å²) in [7, 11) is -3.92. The average molecular weight is 352 g/mol. The minimum absolute atomic E-state index is 0.0334. The van der Waals surface area contributed by atoms with Crippen LogP contribution in [-0.4, -0.2) is 35.6 Å². The Morgan fingerprint density at radius 3 is 2.71 bits per heavy atom. The van der Waals surface area contributed by atoms with Crippen molar-refractivity contribution in [2.45, 2.75) is 0 Å². The number of sulfonamides is 1. The van der Waals surface area contributed by atoms with Crippen molar-refractivity contribution in [1.82, 2.24) is 15.2 Å². The Hall–Kier alpha value is -2.88. The van der Waals surface area contributed by atoms with Crippen molar-refractivity contribution in [3.63, 3.8) is 0 Å². The van der Waals surface area contributed by atoms with Gasteiger partial charge in [-0.2, -0.15) is 5.10 Å². The minimum atomic E-state index is -3.92. The first-order chi connectivity index (χ1) is 11.3. The summed E-state index contributed by atoms with van der Waals surface area (Å²) < 4.78 is 52.4. The van der Waals surface area contributed by atoms with Gasteiger partial charge in [0, 0.05) is 6.20 Å². The zero-order valence-electron chi connectivity index (χ0n) is 12.2. The summed E-state index contributed by atoms with van der Waals surface area (Å²) in [5.74, 6) is -3.25. The van der Waals surface area contributed by atoms with Crippen LogP contribution in [0.1, 0.15) is 16.1 Å². The van der Waals surface area contributed by atoms with E-state index in [0.29, 0.717) is 5.39 Å². The summed E-state index contributed by atoms with van der Waals surface area (Å²) in [6.45, 7) is 0. The van der Waals surface area contributed by atoms with E-state index >= 15 is 0 Å². The second kappa shape index (κ2) is 5.64. The fourth-order valence-electron chi connectivity index (χ4n) is 2.16. The van der Waals surface area contributed by atoms with Crippen molar-refractivity contribution in [1.29, 1.82) is 0 Å². The highest BCUT2D eigenvalue weighted by molar-refractivity contribution is 7.92. The monoisotopic (exact) mass is 352 g/mol. The molecule has 2 heterocycles. The van der Waals surface area contributed by atoms with Crippen LogP contribution < -0.4 is 4.72 Å². The quantitative estimate of drug-likeness (QED) is 0.697. The summed E-state index contributed by atoms with van der Waals surface area (Å²) in [6, 6.07) is 4.88. The molecule has 0 radical (unpaired) electrons. The van der Waals surface area contributed by atoms with Gasteiger partial charge in [-0.15, -0.1) is 0 Å². The Morgan fingerprint density at radius 2 is 2.00 bits per heavy atom. The normalized spacial score (nSPS) is 11.6. The van der Waals surface area contributed by atoms with E-state index in [9.17, 15) is 22.0 Å². The van der Waals surface area contributed by atoms with Gasteiger partial charge in [0.05, 0.1) is 17.2 Å². The lowest BCUT2D eigenvalue weighted by Crippen LogP contribution is -2.15. The molecule has 0 fully saturated rings. The molecular formula is C14H10F2N4O3S. The molecule has 0 saturated carbocycles. The van der Waals surface area contributed by atoms with Crippen molar-refractivity contribution < 1.29 is 22.0 Å². The molecule has 0 saturated heterocycles. The lowest BCUT2D eigenvalue weighted by Gasteiger charge is -2.09. The molecule has 2 aromatic heterocycles. The molecule has 0 aliphatic rings. The highest BCUT2D eigenvalue weighted by atomic mass is 32.2. The number of halogens is 2. The molecule has 0 amide bonds. The van der Waals surface area contributed by atoms with Crippen LogP contribution in [0.25, 0.3) is 11.0 Å². The van der Waals surface area contributed by atoms with Crippen LogP contribution in [0, 0.1) is 11.6 Å². The number of pyridine rings is 1. The van der Waals surface area contributed by atoms with Gasteiger partial charge in [0.15, 0.2) is 11.5 Å². The van der Waals surface area contributed by atoms with Crippen LogP contribution >= 0.6 is 0 Å². The van der Waals surface area contributed by atoms with E-state index < -0.39 is 38.7 Å². The number of ketones is 1. The molecule has 0 bridgehead atoms.